The molecule has 3 heteroatoms. The highest BCUT2D eigenvalue weighted by Gasteiger charge is 2.56. The van der Waals surface area contributed by atoms with Gasteiger partial charge in [0.15, 0.2) is 0 Å². The van der Waals surface area contributed by atoms with Crippen molar-refractivity contribution in [3.63, 3.8) is 0 Å². The number of hydrogen-bond acceptors (Lipinski definition) is 3. The highest BCUT2D eigenvalue weighted by molar-refractivity contribution is 5.10. The number of ether oxygens (including phenoxy) is 2. The predicted octanol–water partition coefficient (Wildman–Crippen LogP) is 3.27. The van der Waals surface area contributed by atoms with Crippen LogP contribution in [-0.4, -0.2) is 37.5 Å². The summed E-state index contributed by atoms with van der Waals surface area (Å²) in [5, 5.41) is 4.03. The zero-order valence-electron chi connectivity index (χ0n) is 13.5. The summed E-state index contributed by atoms with van der Waals surface area (Å²) in [6, 6.07) is 1.30. The molecule has 4 atom stereocenters. The lowest BCUT2D eigenvalue weighted by Crippen LogP contribution is -2.66. The van der Waals surface area contributed by atoms with Gasteiger partial charge in [-0.15, -0.1) is 0 Å². The monoisotopic (exact) mass is 293 g/mol. The molecule has 3 saturated carbocycles. The minimum atomic E-state index is 0.449. The van der Waals surface area contributed by atoms with E-state index in [2.05, 4.69) is 12.2 Å². The van der Waals surface area contributed by atoms with Crippen molar-refractivity contribution in [1.82, 2.24) is 5.32 Å². The van der Waals surface area contributed by atoms with Gasteiger partial charge in [-0.1, -0.05) is 19.3 Å². The van der Waals surface area contributed by atoms with Gasteiger partial charge in [-0.05, 0) is 51.4 Å². The third-order valence-electron chi connectivity index (χ3n) is 6.57. The van der Waals surface area contributed by atoms with Crippen LogP contribution in [0.2, 0.25) is 0 Å². The Kier molecular flexibility index (Phi) is 4.01. The van der Waals surface area contributed by atoms with Crippen LogP contribution in [-0.2, 0) is 9.47 Å². The van der Waals surface area contributed by atoms with Gasteiger partial charge in [-0.2, -0.15) is 0 Å². The summed E-state index contributed by atoms with van der Waals surface area (Å²) in [6.07, 6.45) is 13.2. The molecule has 4 fully saturated rings. The fraction of sp³-hybridized carbons (Fsp3) is 1.00. The van der Waals surface area contributed by atoms with Gasteiger partial charge in [-0.25, -0.2) is 0 Å². The van der Waals surface area contributed by atoms with Gasteiger partial charge in [0.1, 0.15) is 0 Å². The second-order valence-corrected chi connectivity index (χ2v) is 7.76. The molecule has 3 nitrogen and oxygen atoms in total. The zero-order chi connectivity index (χ0) is 14.3. The molecule has 0 bridgehead atoms. The highest BCUT2D eigenvalue weighted by Crippen LogP contribution is 2.54. The van der Waals surface area contributed by atoms with Crippen LogP contribution in [0.4, 0.5) is 0 Å². The van der Waals surface area contributed by atoms with Crippen molar-refractivity contribution < 1.29 is 9.47 Å². The molecular formula is C18H31NO2. The molecular weight excluding hydrogens is 262 g/mol. The summed E-state index contributed by atoms with van der Waals surface area (Å²) in [5.74, 6) is 0.857. The molecule has 21 heavy (non-hydrogen) atoms. The lowest BCUT2D eigenvalue weighted by Gasteiger charge is -2.58. The fourth-order valence-electron chi connectivity index (χ4n) is 5.23. The van der Waals surface area contributed by atoms with E-state index in [-0.39, 0.29) is 0 Å². The van der Waals surface area contributed by atoms with Gasteiger partial charge >= 0.3 is 0 Å². The van der Waals surface area contributed by atoms with E-state index in [1.54, 1.807) is 0 Å². The van der Waals surface area contributed by atoms with E-state index in [9.17, 15) is 0 Å². The molecule has 0 aromatic rings. The molecule has 4 rings (SSSR count). The molecule has 1 aliphatic heterocycles. The standard InChI is InChI=1S/C18H31NO2/c1-2-20-16-12-15(18(16)9-4-3-5-10-18)19-14-8-11-21-17(14)13-6-7-13/h13-17,19H,2-12H2,1H3. The minimum Gasteiger partial charge on any atom is -0.378 e. The van der Waals surface area contributed by atoms with Gasteiger partial charge in [0, 0.05) is 30.7 Å². The number of hydrogen-bond donors (Lipinski definition) is 1. The van der Waals surface area contributed by atoms with Crippen LogP contribution in [0.25, 0.3) is 0 Å². The van der Waals surface area contributed by atoms with Crippen LogP contribution in [0.15, 0.2) is 0 Å². The lowest BCUT2D eigenvalue weighted by atomic mass is 9.55. The third-order valence-corrected chi connectivity index (χ3v) is 6.57. The first-order valence-electron chi connectivity index (χ1n) is 9.33. The first-order valence-corrected chi connectivity index (χ1v) is 9.33. The highest BCUT2D eigenvalue weighted by atomic mass is 16.5. The molecule has 1 N–H and O–H groups in total. The topological polar surface area (TPSA) is 30.5 Å². The van der Waals surface area contributed by atoms with Crippen molar-refractivity contribution in [1.29, 1.82) is 0 Å². The van der Waals surface area contributed by atoms with Crippen LogP contribution in [0.5, 0.6) is 0 Å². The Labute approximate surface area is 129 Å². The van der Waals surface area contributed by atoms with Crippen molar-refractivity contribution in [3.8, 4) is 0 Å². The Balaban J connectivity index is 1.42. The summed E-state index contributed by atoms with van der Waals surface area (Å²) in [4.78, 5) is 0. The Bertz CT molecular complexity index is 362. The zero-order valence-corrected chi connectivity index (χ0v) is 13.5. The van der Waals surface area contributed by atoms with E-state index < -0.39 is 0 Å². The van der Waals surface area contributed by atoms with Gasteiger partial charge in [0.2, 0.25) is 0 Å². The normalized spacial score (nSPS) is 42.1. The first-order chi connectivity index (χ1) is 10.3. The van der Waals surface area contributed by atoms with E-state index in [0.29, 0.717) is 29.7 Å². The second kappa shape index (κ2) is 5.82. The molecule has 0 aromatic heterocycles. The van der Waals surface area contributed by atoms with Crippen molar-refractivity contribution in [3.05, 3.63) is 0 Å². The molecule has 4 unspecified atom stereocenters. The average molecular weight is 293 g/mol. The van der Waals surface area contributed by atoms with Crippen molar-refractivity contribution in [2.75, 3.05) is 13.2 Å². The largest absolute Gasteiger partial charge is 0.378 e. The Morgan fingerprint density at radius 1 is 1.14 bits per heavy atom. The summed E-state index contributed by atoms with van der Waals surface area (Å²) < 4.78 is 12.1. The molecule has 0 amide bonds. The minimum absolute atomic E-state index is 0.449. The maximum absolute atomic E-state index is 6.08. The van der Waals surface area contributed by atoms with Crippen molar-refractivity contribution in [2.24, 2.45) is 11.3 Å². The second-order valence-electron chi connectivity index (χ2n) is 7.76. The Morgan fingerprint density at radius 2 is 1.95 bits per heavy atom. The average Bonchev–Trinajstić information content (AvgIpc) is 3.26. The summed E-state index contributed by atoms with van der Waals surface area (Å²) in [6.45, 7) is 3.98. The molecule has 0 aromatic carbocycles. The molecule has 1 heterocycles. The van der Waals surface area contributed by atoms with Gasteiger partial charge < -0.3 is 14.8 Å². The van der Waals surface area contributed by atoms with Crippen LogP contribution in [0, 0.1) is 11.3 Å². The van der Waals surface area contributed by atoms with E-state index in [1.807, 2.05) is 0 Å². The summed E-state index contributed by atoms with van der Waals surface area (Å²) in [5.41, 5.74) is 0.449. The van der Waals surface area contributed by atoms with E-state index in [4.69, 9.17) is 9.47 Å². The Morgan fingerprint density at radius 3 is 2.67 bits per heavy atom. The quantitative estimate of drug-likeness (QED) is 0.844. The molecule has 120 valence electrons. The fourth-order valence-corrected chi connectivity index (χ4v) is 5.23. The first kappa shape index (κ1) is 14.5. The van der Waals surface area contributed by atoms with Gasteiger partial charge in [-0.3, -0.25) is 0 Å². The molecule has 1 saturated heterocycles. The van der Waals surface area contributed by atoms with Crippen LogP contribution < -0.4 is 5.32 Å². The van der Waals surface area contributed by atoms with Gasteiger partial charge in [0.25, 0.3) is 0 Å². The Hall–Kier alpha value is -0.120. The lowest BCUT2D eigenvalue weighted by molar-refractivity contribution is -0.153. The molecule has 1 spiro atoms. The maximum atomic E-state index is 6.08. The molecule has 4 aliphatic rings. The third kappa shape index (κ3) is 2.55. The summed E-state index contributed by atoms with van der Waals surface area (Å²) >= 11 is 0. The van der Waals surface area contributed by atoms with Crippen LogP contribution in [0.1, 0.15) is 64.7 Å². The van der Waals surface area contributed by atoms with Crippen molar-refractivity contribution >= 4 is 0 Å². The number of rotatable bonds is 5. The maximum Gasteiger partial charge on any atom is 0.0757 e. The van der Waals surface area contributed by atoms with E-state index in [0.717, 1.165) is 19.1 Å². The predicted molar refractivity (Wildman–Crippen MR) is 83.3 cm³/mol. The van der Waals surface area contributed by atoms with Gasteiger partial charge in [0.05, 0.1) is 12.2 Å². The van der Waals surface area contributed by atoms with E-state index >= 15 is 0 Å². The summed E-state index contributed by atoms with van der Waals surface area (Å²) in [7, 11) is 0. The van der Waals surface area contributed by atoms with Crippen LogP contribution in [0.3, 0.4) is 0 Å². The molecule has 0 radical (unpaired) electrons. The smallest absolute Gasteiger partial charge is 0.0757 e. The van der Waals surface area contributed by atoms with Crippen LogP contribution >= 0.6 is 0 Å². The van der Waals surface area contributed by atoms with E-state index in [1.165, 1.54) is 57.8 Å². The number of nitrogens with one attached hydrogen (secondary N) is 1. The van der Waals surface area contributed by atoms with Crippen molar-refractivity contribution in [2.45, 2.75) is 89.0 Å². The molecule has 3 aliphatic carbocycles. The SMILES string of the molecule is CCOC1CC(NC2CCOC2C2CC2)C12CCCCC2.